The first-order chi connectivity index (χ1) is 10.8. The lowest BCUT2D eigenvalue weighted by Gasteiger charge is -2.13. The van der Waals surface area contributed by atoms with Gasteiger partial charge in [-0.2, -0.15) is 0 Å². The van der Waals surface area contributed by atoms with Gasteiger partial charge in [0.25, 0.3) is 0 Å². The number of rotatable bonds is 2. The van der Waals surface area contributed by atoms with Crippen LogP contribution >= 0.6 is 24.0 Å². The number of imidazole rings is 1. The third-order valence-electron chi connectivity index (χ3n) is 3.66. The SMILES string of the molecule is Cl.Clc1nc(-n2ccnc2)c2ccccc2c1-c1ccccc1. The van der Waals surface area contributed by atoms with Crippen LogP contribution in [0.5, 0.6) is 0 Å². The van der Waals surface area contributed by atoms with E-state index in [9.17, 15) is 0 Å². The monoisotopic (exact) mass is 341 g/mol. The number of benzene rings is 2. The highest BCUT2D eigenvalue weighted by Crippen LogP contribution is 2.36. The fourth-order valence-electron chi connectivity index (χ4n) is 2.68. The fraction of sp³-hybridized carbons (Fsp3) is 0. The van der Waals surface area contributed by atoms with Gasteiger partial charge in [0.2, 0.25) is 0 Å². The highest BCUT2D eigenvalue weighted by molar-refractivity contribution is 6.34. The van der Waals surface area contributed by atoms with Crippen molar-refractivity contribution in [1.29, 1.82) is 0 Å². The first kappa shape index (κ1) is 15.5. The van der Waals surface area contributed by atoms with Crippen LogP contribution in [0.3, 0.4) is 0 Å². The predicted molar refractivity (Wildman–Crippen MR) is 96.6 cm³/mol. The summed E-state index contributed by atoms with van der Waals surface area (Å²) in [6.07, 6.45) is 5.33. The van der Waals surface area contributed by atoms with E-state index in [1.165, 1.54) is 0 Å². The Labute approximate surface area is 145 Å². The number of halogens is 2. The van der Waals surface area contributed by atoms with Crippen LogP contribution in [-0.4, -0.2) is 14.5 Å². The predicted octanol–water partition coefficient (Wildman–Crippen LogP) is 5.16. The van der Waals surface area contributed by atoms with Gasteiger partial charge in [0, 0.05) is 23.3 Å². The first-order valence-corrected chi connectivity index (χ1v) is 7.34. The first-order valence-electron chi connectivity index (χ1n) is 6.96. The van der Waals surface area contributed by atoms with E-state index in [-0.39, 0.29) is 12.4 Å². The number of fused-ring (bicyclic) bond motifs is 1. The molecular formula is C18H13Cl2N3. The van der Waals surface area contributed by atoms with Gasteiger partial charge in [0.05, 0.1) is 0 Å². The molecule has 0 saturated carbocycles. The summed E-state index contributed by atoms with van der Waals surface area (Å²) in [5.74, 6) is 0.790. The number of aromatic nitrogens is 3. The lowest BCUT2D eigenvalue weighted by atomic mass is 10.0. The van der Waals surface area contributed by atoms with Crippen molar-refractivity contribution in [2.75, 3.05) is 0 Å². The minimum Gasteiger partial charge on any atom is -0.290 e. The molecule has 0 fully saturated rings. The average molecular weight is 342 g/mol. The Morgan fingerprint density at radius 3 is 2.26 bits per heavy atom. The zero-order valence-electron chi connectivity index (χ0n) is 12.1. The molecule has 3 nitrogen and oxygen atoms in total. The molecule has 0 unspecified atom stereocenters. The molecule has 23 heavy (non-hydrogen) atoms. The molecule has 2 aromatic carbocycles. The van der Waals surface area contributed by atoms with E-state index in [0.29, 0.717) is 5.15 Å². The molecule has 114 valence electrons. The largest absolute Gasteiger partial charge is 0.290 e. The van der Waals surface area contributed by atoms with Gasteiger partial charge in [-0.25, -0.2) is 9.97 Å². The van der Waals surface area contributed by atoms with Crippen molar-refractivity contribution in [2.24, 2.45) is 0 Å². The lowest BCUT2D eigenvalue weighted by molar-refractivity contribution is 1.01. The molecule has 0 saturated heterocycles. The number of nitrogens with zero attached hydrogens (tertiary/aromatic N) is 3. The van der Waals surface area contributed by atoms with Crippen molar-refractivity contribution in [2.45, 2.75) is 0 Å². The standard InChI is InChI=1S/C18H12ClN3.ClH/c19-17-16(13-6-2-1-3-7-13)14-8-4-5-9-15(14)18(21-17)22-11-10-20-12-22;/h1-12H;1H. The Morgan fingerprint density at radius 2 is 1.57 bits per heavy atom. The van der Waals surface area contributed by atoms with Crippen LogP contribution in [-0.2, 0) is 0 Å². The highest BCUT2D eigenvalue weighted by atomic mass is 35.5. The Bertz CT molecular complexity index is 935. The molecule has 0 spiro atoms. The quantitative estimate of drug-likeness (QED) is 0.471. The summed E-state index contributed by atoms with van der Waals surface area (Å²) in [5.41, 5.74) is 2.02. The molecular weight excluding hydrogens is 329 g/mol. The van der Waals surface area contributed by atoms with Crippen molar-refractivity contribution < 1.29 is 0 Å². The summed E-state index contributed by atoms with van der Waals surface area (Å²) >= 11 is 6.51. The summed E-state index contributed by atoms with van der Waals surface area (Å²) in [5, 5.41) is 2.62. The van der Waals surface area contributed by atoms with Crippen LogP contribution in [0.4, 0.5) is 0 Å². The summed E-state index contributed by atoms with van der Waals surface area (Å²) in [6, 6.07) is 18.3. The van der Waals surface area contributed by atoms with E-state index >= 15 is 0 Å². The summed E-state index contributed by atoms with van der Waals surface area (Å²) in [7, 11) is 0. The van der Waals surface area contributed by atoms with Crippen molar-refractivity contribution in [3.63, 3.8) is 0 Å². The van der Waals surface area contributed by atoms with Gasteiger partial charge in [0.15, 0.2) is 0 Å². The molecule has 2 heterocycles. The second-order valence-corrected chi connectivity index (χ2v) is 5.34. The molecule has 5 heteroatoms. The van der Waals surface area contributed by atoms with Crippen LogP contribution in [0.1, 0.15) is 0 Å². The summed E-state index contributed by atoms with van der Waals surface area (Å²) in [6.45, 7) is 0. The van der Waals surface area contributed by atoms with Gasteiger partial charge in [-0.3, -0.25) is 4.57 Å². The minimum absolute atomic E-state index is 0. The topological polar surface area (TPSA) is 30.7 Å². The van der Waals surface area contributed by atoms with Crippen LogP contribution in [0, 0.1) is 0 Å². The van der Waals surface area contributed by atoms with Gasteiger partial charge in [-0.15, -0.1) is 12.4 Å². The van der Waals surface area contributed by atoms with Crippen molar-refractivity contribution in [1.82, 2.24) is 14.5 Å². The molecule has 0 amide bonds. The van der Waals surface area contributed by atoms with Gasteiger partial charge in [0.1, 0.15) is 17.3 Å². The van der Waals surface area contributed by atoms with Crippen molar-refractivity contribution in [3.8, 4) is 16.9 Å². The van der Waals surface area contributed by atoms with Crippen molar-refractivity contribution >= 4 is 34.8 Å². The Kier molecular flexibility index (Phi) is 4.33. The summed E-state index contributed by atoms with van der Waals surface area (Å²) < 4.78 is 1.88. The van der Waals surface area contributed by atoms with Crippen LogP contribution in [0.25, 0.3) is 27.7 Å². The highest BCUT2D eigenvalue weighted by Gasteiger charge is 2.14. The molecule has 4 aromatic rings. The maximum absolute atomic E-state index is 6.51. The van der Waals surface area contributed by atoms with E-state index < -0.39 is 0 Å². The maximum Gasteiger partial charge on any atom is 0.147 e. The molecule has 4 rings (SSSR count). The van der Waals surface area contributed by atoms with E-state index in [1.54, 1.807) is 12.5 Å². The molecule has 0 bridgehead atoms. The third-order valence-corrected chi connectivity index (χ3v) is 3.93. The smallest absolute Gasteiger partial charge is 0.147 e. The fourth-order valence-corrected chi connectivity index (χ4v) is 2.97. The minimum atomic E-state index is 0. The van der Waals surface area contributed by atoms with Gasteiger partial charge >= 0.3 is 0 Å². The molecule has 2 aromatic heterocycles. The third kappa shape index (κ3) is 2.69. The normalized spacial score (nSPS) is 10.5. The van der Waals surface area contributed by atoms with Gasteiger partial charge in [-0.05, 0) is 10.9 Å². The van der Waals surface area contributed by atoms with E-state index in [0.717, 1.165) is 27.7 Å². The van der Waals surface area contributed by atoms with Crippen LogP contribution in [0.2, 0.25) is 5.15 Å². The lowest BCUT2D eigenvalue weighted by Crippen LogP contribution is -1.98. The second-order valence-electron chi connectivity index (χ2n) is 4.98. The number of pyridine rings is 1. The molecule has 0 radical (unpaired) electrons. The average Bonchev–Trinajstić information content (AvgIpc) is 3.09. The molecule has 0 aliphatic carbocycles. The summed E-state index contributed by atoms with van der Waals surface area (Å²) in [4.78, 5) is 8.70. The second kappa shape index (κ2) is 6.41. The van der Waals surface area contributed by atoms with Crippen LogP contribution in [0.15, 0.2) is 73.3 Å². The van der Waals surface area contributed by atoms with E-state index in [4.69, 9.17) is 11.6 Å². The van der Waals surface area contributed by atoms with E-state index in [1.807, 2.05) is 53.2 Å². The van der Waals surface area contributed by atoms with Crippen LogP contribution < -0.4 is 0 Å². The molecule has 0 N–H and O–H groups in total. The van der Waals surface area contributed by atoms with E-state index in [2.05, 4.69) is 22.1 Å². The Balaban J connectivity index is 0.00000156. The molecule has 0 atom stereocenters. The number of hydrogen-bond acceptors (Lipinski definition) is 2. The molecule has 0 aliphatic rings. The maximum atomic E-state index is 6.51. The number of hydrogen-bond donors (Lipinski definition) is 0. The van der Waals surface area contributed by atoms with Gasteiger partial charge < -0.3 is 0 Å². The van der Waals surface area contributed by atoms with Crippen molar-refractivity contribution in [3.05, 3.63) is 78.5 Å². The zero-order chi connectivity index (χ0) is 14.9. The Hall–Kier alpha value is -2.36. The Morgan fingerprint density at radius 1 is 0.870 bits per heavy atom. The zero-order valence-corrected chi connectivity index (χ0v) is 13.6. The molecule has 0 aliphatic heterocycles. The van der Waals surface area contributed by atoms with Gasteiger partial charge in [-0.1, -0.05) is 66.2 Å².